The van der Waals surface area contributed by atoms with Crippen molar-refractivity contribution in [3.63, 3.8) is 0 Å². The summed E-state index contributed by atoms with van der Waals surface area (Å²) < 4.78 is 0. The van der Waals surface area contributed by atoms with Gasteiger partial charge in [-0.25, -0.2) is 0 Å². The van der Waals surface area contributed by atoms with Crippen molar-refractivity contribution in [2.24, 2.45) is 16.6 Å². The number of nitrogens with zero attached hydrogens (tertiary/aromatic N) is 2. The molecule has 0 aliphatic carbocycles. The Morgan fingerprint density at radius 2 is 1.95 bits per heavy atom. The Morgan fingerprint density at radius 1 is 1.30 bits per heavy atom. The van der Waals surface area contributed by atoms with Gasteiger partial charge < -0.3 is 10.6 Å². The fraction of sp³-hybridized carbons (Fsp3) is 0.562. The van der Waals surface area contributed by atoms with Crippen LogP contribution in [-0.4, -0.2) is 36.2 Å². The third-order valence-electron chi connectivity index (χ3n) is 3.76. The van der Waals surface area contributed by atoms with Crippen LogP contribution in [-0.2, 0) is 0 Å². The highest BCUT2D eigenvalue weighted by Crippen LogP contribution is 2.18. The van der Waals surface area contributed by atoms with Crippen molar-refractivity contribution in [2.45, 2.75) is 31.6 Å². The summed E-state index contributed by atoms with van der Waals surface area (Å²) in [4.78, 5) is 8.03. The quantitative estimate of drug-likeness (QED) is 0.401. The predicted octanol–water partition coefficient (Wildman–Crippen LogP) is 3.13. The Morgan fingerprint density at radius 3 is 2.60 bits per heavy atom. The summed E-state index contributed by atoms with van der Waals surface area (Å²) in [5.74, 6) is 2.53. The molecule has 1 aromatic carbocycles. The molecule has 2 N–H and O–H groups in total. The normalized spacial score (nSPS) is 17.5. The second-order valence-electron chi connectivity index (χ2n) is 5.57. The summed E-state index contributed by atoms with van der Waals surface area (Å²) in [6.07, 6.45) is 2.46. The minimum atomic E-state index is 0.724. The molecule has 0 saturated carbocycles. The second-order valence-corrected chi connectivity index (χ2v) is 6.74. The molecule has 0 bridgehead atoms. The minimum Gasteiger partial charge on any atom is -0.370 e. The van der Waals surface area contributed by atoms with Crippen molar-refractivity contribution < 1.29 is 0 Å². The van der Waals surface area contributed by atoms with Crippen LogP contribution in [0.2, 0.25) is 0 Å². The molecule has 3 nitrogen and oxygen atoms in total. The van der Waals surface area contributed by atoms with Crippen LogP contribution >= 0.6 is 11.8 Å². The number of likely N-dealkylation sites (tertiary alicyclic amines) is 1. The average molecular weight is 291 g/mol. The van der Waals surface area contributed by atoms with Crippen molar-refractivity contribution in [1.82, 2.24) is 4.90 Å². The lowest BCUT2D eigenvalue weighted by Gasteiger charge is -2.31. The largest absolute Gasteiger partial charge is 0.370 e. The lowest BCUT2D eigenvalue weighted by molar-refractivity contribution is 0.278. The molecule has 1 aliphatic rings. The van der Waals surface area contributed by atoms with Crippen LogP contribution in [0.1, 0.15) is 25.3 Å². The van der Waals surface area contributed by atoms with Gasteiger partial charge in [-0.2, -0.15) is 0 Å². The molecule has 4 heteroatoms. The average Bonchev–Trinajstić information content (AvgIpc) is 2.46. The number of hydrogen-bond acceptors (Lipinski definition) is 2. The van der Waals surface area contributed by atoms with Crippen LogP contribution in [0.15, 0.2) is 34.2 Å². The van der Waals surface area contributed by atoms with E-state index in [0.717, 1.165) is 37.3 Å². The van der Waals surface area contributed by atoms with Gasteiger partial charge in [0.15, 0.2) is 5.96 Å². The van der Waals surface area contributed by atoms with E-state index in [-0.39, 0.29) is 0 Å². The highest BCUT2D eigenvalue weighted by atomic mass is 32.2. The monoisotopic (exact) mass is 291 g/mol. The van der Waals surface area contributed by atoms with E-state index in [1.165, 1.54) is 23.3 Å². The fourth-order valence-electron chi connectivity index (χ4n) is 2.30. The summed E-state index contributed by atoms with van der Waals surface area (Å²) in [5, 5.41) is 0. The van der Waals surface area contributed by atoms with Crippen LogP contribution in [0, 0.1) is 12.8 Å². The number of piperidine rings is 1. The van der Waals surface area contributed by atoms with E-state index in [1.54, 1.807) is 0 Å². The standard InChI is InChI=1S/C16H25N3S/c1-13-3-5-15(6-4-13)20-12-9-18-16(17)19-10-7-14(2)8-11-19/h3-6,14H,7-12H2,1-2H3,(H2,17,18). The van der Waals surface area contributed by atoms with Gasteiger partial charge in [0.2, 0.25) is 0 Å². The molecule has 1 aliphatic heterocycles. The van der Waals surface area contributed by atoms with E-state index in [2.05, 4.69) is 48.0 Å². The number of benzene rings is 1. The Kier molecular flexibility index (Phi) is 5.77. The van der Waals surface area contributed by atoms with Gasteiger partial charge >= 0.3 is 0 Å². The van der Waals surface area contributed by atoms with Gasteiger partial charge in [0.1, 0.15) is 0 Å². The summed E-state index contributed by atoms with van der Waals surface area (Å²) in [6.45, 7) is 7.32. The summed E-state index contributed by atoms with van der Waals surface area (Å²) in [5.41, 5.74) is 7.36. The molecule has 20 heavy (non-hydrogen) atoms. The van der Waals surface area contributed by atoms with Gasteiger partial charge in [0, 0.05) is 23.7 Å². The molecule has 0 unspecified atom stereocenters. The first kappa shape index (κ1) is 15.2. The van der Waals surface area contributed by atoms with E-state index in [0.29, 0.717) is 0 Å². The van der Waals surface area contributed by atoms with Crippen LogP contribution in [0.4, 0.5) is 0 Å². The van der Waals surface area contributed by atoms with Crippen LogP contribution in [0.3, 0.4) is 0 Å². The number of aryl methyl sites for hydroxylation is 1. The number of guanidine groups is 1. The van der Waals surface area contributed by atoms with Gasteiger partial charge in [-0.3, -0.25) is 4.99 Å². The topological polar surface area (TPSA) is 41.6 Å². The van der Waals surface area contributed by atoms with Gasteiger partial charge in [0.25, 0.3) is 0 Å². The first-order valence-electron chi connectivity index (χ1n) is 7.39. The Labute approximate surface area is 126 Å². The van der Waals surface area contributed by atoms with Crippen LogP contribution in [0.5, 0.6) is 0 Å². The Bertz CT molecular complexity index is 434. The lowest BCUT2D eigenvalue weighted by Crippen LogP contribution is -2.42. The zero-order valence-corrected chi connectivity index (χ0v) is 13.3. The summed E-state index contributed by atoms with van der Waals surface area (Å²) in [6, 6.07) is 8.63. The first-order chi connectivity index (χ1) is 9.65. The molecule has 0 amide bonds. The first-order valence-corrected chi connectivity index (χ1v) is 8.38. The third kappa shape index (κ3) is 4.75. The van der Waals surface area contributed by atoms with Crippen molar-refractivity contribution in [1.29, 1.82) is 0 Å². The lowest BCUT2D eigenvalue weighted by atomic mass is 10.00. The molecular formula is C16H25N3S. The smallest absolute Gasteiger partial charge is 0.191 e. The molecule has 2 rings (SSSR count). The van der Waals surface area contributed by atoms with E-state index in [9.17, 15) is 0 Å². The molecule has 0 atom stereocenters. The molecule has 1 aromatic rings. The van der Waals surface area contributed by atoms with Gasteiger partial charge in [-0.05, 0) is 37.8 Å². The Balaban J connectivity index is 1.71. The molecule has 1 heterocycles. The zero-order valence-electron chi connectivity index (χ0n) is 12.5. The van der Waals surface area contributed by atoms with E-state index in [4.69, 9.17) is 5.73 Å². The second kappa shape index (κ2) is 7.58. The maximum atomic E-state index is 6.06. The third-order valence-corrected chi connectivity index (χ3v) is 4.75. The molecule has 0 radical (unpaired) electrons. The molecular weight excluding hydrogens is 266 g/mol. The zero-order chi connectivity index (χ0) is 14.4. The van der Waals surface area contributed by atoms with Crippen molar-refractivity contribution in [2.75, 3.05) is 25.4 Å². The molecule has 0 aromatic heterocycles. The molecule has 1 saturated heterocycles. The van der Waals surface area contributed by atoms with Crippen molar-refractivity contribution in [3.8, 4) is 0 Å². The number of hydrogen-bond donors (Lipinski definition) is 1. The summed E-state index contributed by atoms with van der Waals surface area (Å²) in [7, 11) is 0. The summed E-state index contributed by atoms with van der Waals surface area (Å²) >= 11 is 1.84. The van der Waals surface area contributed by atoms with Gasteiger partial charge in [-0.1, -0.05) is 24.6 Å². The fourth-order valence-corrected chi connectivity index (χ4v) is 3.04. The van der Waals surface area contributed by atoms with E-state index < -0.39 is 0 Å². The van der Waals surface area contributed by atoms with E-state index in [1.807, 2.05) is 11.8 Å². The van der Waals surface area contributed by atoms with Crippen molar-refractivity contribution in [3.05, 3.63) is 29.8 Å². The predicted molar refractivity (Wildman–Crippen MR) is 88.4 cm³/mol. The number of thioether (sulfide) groups is 1. The molecule has 1 fully saturated rings. The maximum absolute atomic E-state index is 6.06. The van der Waals surface area contributed by atoms with Crippen LogP contribution < -0.4 is 5.73 Å². The SMILES string of the molecule is Cc1ccc(SCCN=C(N)N2CCC(C)CC2)cc1. The number of aliphatic imine (C=N–C) groups is 1. The van der Waals surface area contributed by atoms with Gasteiger partial charge in [-0.15, -0.1) is 11.8 Å². The number of rotatable bonds is 4. The van der Waals surface area contributed by atoms with E-state index >= 15 is 0 Å². The van der Waals surface area contributed by atoms with Gasteiger partial charge in [0.05, 0.1) is 6.54 Å². The van der Waals surface area contributed by atoms with Crippen LogP contribution in [0.25, 0.3) is 0 Å². The number of nitrogens with two attached hydrogens (primary N) is 1. The minimum absolute atomic E-state index is 0.724. The highest BCUT2D eigenvalue weighted by Gasteiger charge is 2.16. The maximum Gasteiger partial charge on any atom is 0.191 e. The molecule has 0 spiro atoms. The van der Waals surface area contributed by atoms with Crippen molar-refractivity contribution >= 4 is 17.7 Å². The highest BCUT2D eigenvalue weighted by molar-refractivity contribution is 7.99. The molecule has 110 valence electrons. The Hall–Kier alpha value is -1.16.